The Hall–Kier alpha value is -1.16. The number of amides is 1. The molecular weight excluding hydrogens is 374 g/mol. The number of ether oxygens (including phenoxy) is 1. The number of aryl methyl sites for hydroxylation is 1. The van der Waals surface area contributed by atoms with Crippen molar-refractivity contribution in [1.29, 1.82) is 0 Å². The number of thiophene rings is 1. The van der Waals surface area contributed by atoms with E-state index in [1.165, 1.54) is 11.3 Å². The second-order valence-corrected chi connectivity index (χ2v) is 10.4. The summed E-state index contributed by atoms with van der Waals surface area (Å²) in [7, 11) is -3.44. The van der Waals surface area contributed by atoms with E-state index in [4.69, 9.17) is 4.74 Å². The van der Waals surface area contributed by atoms with Crippen LogP contribution in [0.1, 0.15) is 32.6 Å². The standard InChI is InChI=1S/C17H29N3O4S2/c1-5-14-6-7-15(25-14)26(22,23)18-8-9-19-10-12-20(13-11-19)16(21)24-17(2,3)4/h6-7,18H,5,8-13H2,1-4H3. The smallest absolute Gasteiger partial charge is 0.410 e. The molecule has 1 aliphatic heterocycles. The van der Waals surface area contributed by atoms with Crippen molar-refractivity contribution in [2.45, 2.75) is 43.9 Å². The first-order valence-corrected chi connectivity index (χ1v) is 11.2. The number of hydrogen-bond donors (Lipinski definition) is 1. The number of piperazine rings is 1. The van der Waals surface area contributed by atoms with E-state index in [1.807, 2.05) is 33.8 Å². The van der Waals surface area contributed by atoms with Crippen LogP contribution in [-0.4, -0.2) is 69.2 Å². The largest absolute Gasteiger partial charge is 0.444 e. The molecule has 1 aromatic rings. The van der Waals surface area contributed by atoms with E-state index >= 15 is 0 Å². The molecule has 1 aliphatic rings. The molecule has 7 nitrogen and oxygen atoms in total. The summed E-state index contributed by atoms with van der Waals surface area (Å²) in [5.41, 5.74) is -0.494. The summed E-state index contributed by atoms with van der Waals surface area (Å²) in [6.07, 6.45) is 0.546. The molecule has 0 aliphatic carbocycles. The Balaban J connectivity index is 1.74. The average Bonchev–Trinajstić information content (AvgIpc) is 3.04. The predicted molar refractivity (Wildman–Crippen MR) is 103 cm³/mol. The van der Waals surface area contributed by atoms with Gasteiger partial charge in [-0.1, -0.05) is 6.92 Å². The van der Waals surface area contributed by atoms with E-state index in [9.17, 15) is 13.2 Å². The van der Waals surface area contributed by atoms with Crippen LogP contribution in [-0.2, 0) is 21.2 Å². The zero-order valence-corrected chi connectivity index (χ0v) is 17.6. The molecule has 0 saturated carbocycles. The van der Waals surface area contributed by atoms with Gasteiger partial charge in [0.2, 0.25) is 10.0 Å². The summed E-state index contributed by atoms with van der Waals surface area (Å²) in [4.78, 5) is 16.9. The van der Waals surface area contributed by atoms with Crippen molar-refractivity contribution in [2.24, 2.45) is 0 Å². The van der Waals surface area contributed by atoms with Gasteiger partial charge in [0, 0.05) is 44.1 Å². The number of carbonyl (C=O) groups excluding carboxylic acids is 1. The molecule has 1 N–H and O–H groups in total. The molecular formula is C17H29N3O4S2. The van der Waals surface area contributed by atoms with Crippen LogP contribution < -0.4 is 4.72 Å². The Bertz CT molecular complexity index is 702. The van der Waals surface area contributed by atoms with Crippen molar-refractivity contribution >= 4 is 27.5 Å². The Kier molecular flexibility index (Phi) is 7.06. The number of rotatable bonds is 6. The highest BCUT2D eigenvalue weighted by molar-refractivity contribution is 7.91. The molecule has 2 rings (SSSR count). The van der Waals surface area contributed by atoms with Crippen LogP contribution in [0.5, 0.6) is 0 Å². The van der Waals surface area contributed by atoms with Gasteiger partial charge in [0.15, 0.2) is 0 Å². The Morgan fingerprint density at radius 2 is 1.88 bits per heavy atom. The molecule has 1 amide bonds. The van der Waals surface area contributed by atoms with E-state index in [-0.39, 0.29) is 6.09 Å². The summed E-state index contributed by atoms with van der Waals surface area (Å²) in [6.45, 7) is 11.1. The van der Waals surface area contributed by atoms with E-state index in [0.29, 0.717) is 43.5 Å². The molecule has 0 aromatic carbocycles. The molecule has 0 spiro atoms. The van der Waals surface area contributed by atoms with Gasteiger partial charge in [0.05, 0.1) is 0 Å². The SMILES string of the molecule is CCc1ccc(S(=O)(=O)NCCN2CCN(C(=O)OC(C)(C)C)CC2)s1. The first kappa shape index (κ1) is 21.1. The second kappa shape index (κ2) is 8.69. The minimum Gasteiger partial charge on any atom is -0.444 e. The summed E-state index contributed by atoms with van der Waals surface area (Å²) in [5.74, 6) is 0. The third kappa shape index (κ3) is 6.22. The van der Waals surface area contributed by atoms with Gasteiger partial charge in [0.25, 0.3) is 0 Å². The molecule has 0 unspecified atom stereocenters. The van der Waals surface area contributed by atoms with Crippen molar-refractivity contribution in [1.82, 2.24) is 14.5 Å². The van der Waals surface area contributed by atoms with Crippen molar-refractivity contribution in [3.8, 4) is 0 Å². The molecule has 0 bridgehead atoms. The van der Waals surface area contributed by atoms with E-state index in [0.717, 1.165) is 11.3 Å². The van der Waals surface area contributed by atoms with E-state index in [1.54, 1.807) is 11.0 Å². The normalized spacial score (nSPS) is 16.7. The summed E-state index contributed by atoms with van der Waals surface area (Å²) >= 11 is 1.31. The summed E-state index contributed by atoms with van der Waals surface area (Å²) in [5, 5.41) is 0. The first-order valence-electron chi connectivity index (χ1n) is 8.89. The van der Waals surface area contributed by atoms with Gasteiger partial charge in [-0.25, -0.2) is 17.9 Å². The fourth-order valence-corrected chi connectivity index (χ4v) is 4.94. The maximum Gasteiger partial charge on any atom is 0.410 e. The summed E-state index contributed by atoms with van der Waals surface area (Å²) < 4.78 is 33.0. The zero-order valence-electron chi connectivity index (χ0n) is 15.9. The highest BCUT2D eigenvalue weighted by Crippen LogP contribution is 2.21. The molecule has 1 aromatic heterocycles. The van der Waals surface area contributed by atoms with Crippen LogP contribution >= 0.6 is 11.3 Å². The highest BCUT2D eigenvalue weighted by Gasteiger charge is 2.26. The second-order valence-electron chi connectivity index (χ2n) is 7.28. The third-order valence-electron chi connectivity index (χ3n) is 3.99. The number of hydrogen-bond acceptors (Lipinski definition) is 6. The number of nitrogens with zero attached hydrogens (tertiary/aromatic N) is 2. The van der Waals surface area contributed by atoms with Gasteiger partial charge in [-0.15, -0.1) is 11.3 Å². The molecule has 0 atom stereocenters. The van der Waals surface area contributed by atoms with Crippen LogP contribution in [0.2, 0.25) is 0 Å². The highest BCUT2D eigenvalue weighted by atomic mass is 32.2. The van der Waals surface area contributed by atoms with Gasteiger partial charge < -0.3 is 9.64 Å². The first-order chi connectivity index (χ1) is 12.1. The van der Waals surface area contributed by atoms with Crippen LogP contribution in [0.25, 0.3) is 0 Å². The number of nitrogens with one attached hydrogen (secondary N) is 1. The zero-order chi connectivity index (χ0) is 19.4. The van der Waals surface area contributed by atoms with Crippen molar-refractivity contribution in [2.75, 3.05) is 39.3 Å². The lowest BCUT2D eigenvalue weighted by atomic mass is 10.2. The van der Waals surface area contributed by atoms with Crippen LogP contribution in [0.4, 0.5) is 4.79 Å². The van der Waals surface area contributed by atoms with Gasteiger partial charge in [-0.2, -0.15) is 0 Å². The fourth-order valence-electron chi connectivity index (χ4n) is 2.58. The van der Waals surface area contributed by atoms with E-state index < -0.39 is 15.6 Å². The topological polar surface area (TPSA) is 79.0 Å². The van der Waals surface area contributed by atoms with Crippen molar-refractivity contribution in [3.63, 3.8) is 0 Å². The fraction of sp³-hybridized carbons (Fsp3) is 0.706. The van der Waals surface area contributed by atoms with Crippen LogP contribution in [0.15, 0.2) is 16.3 Å². The van der Waals surface area contributed by atoms with Crippen molar-refractivity contribution in [3.05, 3.63) is 17.0 Å². The average molecular weight is 404 g/mol. The maximum absolute atomic E-state index is 12.3. The lowest BCUT2D eigenvalue weighted by molar-refractivity contribution is 0.0147. The quantitative estimate of drug-likeness (QED) is 0.787. The predicted octanol–water partition coefficient (Wildman–Crippen LogP) is 2.14. The molecule has 0 radical (unpaired) electrons. The van der Waals surface area contributed by atoms with Gasteiger partial charge >= 0.3 is 6.09 Å². The lowest BCUT2D eigenvalue weighted by Gasteiger charge is -2.35. The van der Waals surface area contributed by atoms with Crippen molar-refractivity contribution < 1.29 is 17.9 Å². The van der Waals surface area contributed by atoms with Gasteiger partial charge in [-0.05, 0) is 39.3 Å². The number of sulfonamides is 1. The summed E-state index contributed by atoms with van der Waals surface area (Å²) in [6, 6.07) is 3.51. The van der Waals surface area contributed by atoms with Crippen LogP contribution in [0, 0.1) is 0 Å². The monoisotopic (exact) mass is 403 g/mol. The molecule has 26 heavy (non-hydrogen) atoms. The number of carbonyl (C=O) groups is 1. The molecule has 9 heteroatoms. The molecule has 1 fully saturated rings. The Labute approximate surface area is 160 Å². The molecule has 1 saturated heterocycles. The minimum atomic E-state index is -3.44. The minimum absolute atomic E-state index is 0.290. The van der Waals surface area contributed by atoms with E-state index in [2.05, 4.69) is 9.62 Å². The molecule has 2 heterocycles. The third-order valence-corrected chi connectivity index (χ3v) is 7.18. The van der Waals surface area contributed by atoms with Gasteiger partial charge in [0.1, 0.15) is 9.81 Å². The molecule has 148 valence electrons. The Morgan fingerprint density at radius 3 is 2.42 bits per heavy atom. The Morgan fingerprint density at radius 1 is 1.23 bits per heavy atom. The lowest BCUT2D eigenvalue weighted by Crippen LogP contribution is -2.51. The van der Waals surface area contributed by atoms with Crippen LogP contribution in [0.3, 0.4) is 0 Å². The van der Waals surface area contributed by atoms with Gasteiger partial charge in [-0.3, -0.25) is 4.90 Å². The maximum atomic E-state index is 12.3.